The predicted octanol–water partition coefficient (Wildman–Crippen LogP) is 2.72. The first-order valence-electron chi connectivity index (χ1n) is 7.09. The second-order valence-corrected chi connectivity index (χ2v) is 5.54. The molecule has 1 aliphatic rings. The van der Waals surface area contributed by atoms with E-state index in [1.54, 1.807) is 6.20 Å². The molecule has 0 spiro atoms. The average Bonchev–Trinajstić information content (AvgIpc) is 3.03. The molecule has 1 heterocycles. The van der Waals surface area contributed by atoms with Crippen LogP contribution in [0, 0.1) is 11.8 Å². The van der Waals surface area contributed by atoms with Crippen LogP contribution in [0.25, 0.3) is 0 Å². The number of anilines is 1. The van der Waals surface area contributed by atoms with Crippen molar-refractivity contribution in [2.75, 3.05) is 5.32 Å². The van der Waals surface area contributed by atoms with E-state index in [0.29, 0.717) is 5.92 Å². The molecule has 1 N–H and O–H groups in total. The lowest BCUT2D eigenvalue weighted by molar-refractivity contribution is -0.117. The molecule has 1 aliphatic carbocycles. The van der Waals surface area contributed by atoms with E-state index >= 15 is 0 Å². The Morgan fingerprint density at radius 1 is 1.40 bits per heavy atom. The van der Waals surface area contributed by atoms with Crippen molar-refractivity contribution in [3.8, 4) is 0 Å². The molecule has 2 unspecified atom stereocenters. The maximum atomic E-state index is 11.8. The molecule has 0 aliphatic heterocycles. The highest BCUT2D eigenvalue weighted by Gasteiger charge is 2.39. The van der Waals surface area contributed by atoms with Crippen molar-refractivity contribution in [3.05, 3.63) is 48.3 Å². The van der Waals surface area contributed by atoms with Crippen molar-refractivity contribution in [1.82, 2.24) is 9.78 Å². The molecule has 20 heavy (non-hydrogen) atoms. The summed E-state index contributed by atoms with van der Waals surface area (Å²) in [6, 6.07) is 10.3. The topological polar surface area (TPSA) is 46.9 Å². The first-order valence-corrected chi connectivity index (χ1v) is 7.09. The van der Waals surface area contributed by atoms with E-state index in [4.69, 9.17) is 0 Å². The minimum Gasteiger partial charge on any atom is -0.323 e. The Bertz CT molecular complexity index is 591. The minimum absolute atomic E-state index is 0.125. The highest BCUT2D eigenvalue weighted by Crippen LogP contribution is 2.38. The van der Waals surface area contributed by atoms with E-state index in [9.17, 15) is 4.79 Å². The molecule has 2 atom stereocenters. The van der Waals surface area contributed by atoms with E-state index in [1.807, 2.05) is 29.1 Å². The van der Waals surface area contributed by atoms with E-state index in [-0.39, 0.29) is 11.8 Å². The molecule has 1 aromatic carbocycles. The molecular formula is C16H19N3O. The summed E-state index contributed by atoms with van der Waals surface area (Å²) < 4.78 is 1.87. The molecule has 2 aromatic rings. The van der Waals surface area contributed by atoms with Crippen LogP contribution in [0.1, 0.15) is 18.9 Å². The molecule has 1 aromatic heterocycles. The van der Waals surface area contributed by atoms with Gasteiger partial charge in [-0.25, -0.2) is 0 Å². The van der Waals surface area contributed by atoms with E-state index in [2.05, 4.69) is 29.5 Å². The number of rotatable bonds is 5. The number of amides is 1. The van der Waals surface area contributed by atoms with Crippen molar-refractivity contribution in [1.29, 1.82) is 0 Å². The normalized spacial score (nSPS) is 20.6. The third-order valence-electron chi connectivity index (χ3n) is 3.82. The lowest BCUT2D eigenvalue weighted by Gasteiger charge is -2.02. The second kappa shape index (κ2) is 5.49. The fraction of sp³-hybridized carbons (Fsp3) is 0.375. The predicted molar refractivity (Wildman–Crippen MR) is 78.3 cm³/mol. The Balaban J connectivity index is 1.53. The van der Waals surface area contributed by atoms with Crippen molar-refractivity contribution in [2.45, 2.75) is 26.3 Å². The highest BCUT2D eigenvalue weighted by molar-refractivity contribution is 5.94. The first-order chi connectivity index (χ1) is 9.72. The lowest BCUT2D eigenvalue weighted by atomic mass is 10.1. The summed E-state index contributed by atoms with van der Waals surface area (Å²) in [5, 5.41) is 7.22. The van der Waals surface area contributed by atoms with Gasteiger partial charge < -0.3 is 5.32 Å². The van der Waals surface area contributed by atoms with Crippen molar-refractivity contribution < 1.29 is 4.79 Å². The monoisotopic (exact) mass is 269 g/mol. The summed E-state index contributed by atoms with van der Waals surface area (Å²) in [5.41, 5.74) is 2.09. The summed E-state index contributed by atoms with van der Waals surface area (Å²) in [7, 11) is 0. The lowest BCUT2D eigenvalue weighted by Crippen LogP contribution is -2.13. The fourth-order valence-electron chi connectivity index (χ4n) is 2.36. The van der Waals surface area contributed by atoms with Crippen LogP contribution in [0.4, 0.5) is 5.69 Å². The Morgan fingerprint density at radius 2 is 2.15 bits per heavy atom. The third-order valence-corrected chi connectivity index (χ3v) is 3.82. The van der Waals surface area contributed by atoms with E-state index in [0.717, 1.165) is 25.1 Å². The Hall–Kier alpha value is -2.10. The zero-order valence-corrected chi connectivity index (χ0v) is 11.6. The number of nitrogens with zero attached hydrogens (tertiary/aromatic N) is 2. The molecule has 0 radical (unpaired) electrons. The maximum Gasteiger partial charge on any atom is 0.227 e. The Morgan fingerprint density at radius 3 is 2.85 bits per heavy atom. The summed E-state index contributed by atoms with van der Waals surface area (Å²) in [5.74, 6) is 0.853. The van der Waals surface area contributed by atoms with Gasteiger partial charge >= 0.3 is 0 Å². The molecule has 4 nitrogen and oxygen atoms in total. The number of benzene rings is 1. The van der Waals surface area contributed by atoms with Crippen molar-refractivity contribution in [2.24, 2.45) is 11.8 Å². The summed E-state index contributed by atoms with van der Waals surface area (Å²) in [6.45, 7) is 2.92. The van der Waals surface area contributed by atoms with Gasteiger partial charge in [0.2, 0.25) is 5.91 Å². The van der Waals surface area contributed by atoms with Gasteiger partial charge in [0.25, 0.3) is 0 Å². The average molecular weight is 269 g/mol. The molecule has 0 bridgehead atoms. The van der Waals surface area contributed by atoms with Crippen molar-refractivity contribution >= 4 is 11.6 Å². The van der Waals surface area contributed by atoms with Crippen LogP contribution < -0.4 is 5.32 Å². The standard InChI is InChI=1S/C16H19N3O/c1-12-9-15(12)16(20)18-14-10-17-19(11-14)8-7-13-5-3-2-4-6-13/h2-6,10-12,15H,7-9H2,1H3,(H,18,20). The fourth-order valence-corrected chi connectivity index (χ4v) is 2.36. The number of aryl methyl sites for hydroxylation is 2. The van der Waals surface area contributed by atoms with Gasteiger partial charge in [0.1, 0.15) is 0 Å². The van der Waals surface area contributed by atoms with Gasteiger partial charge in [-0.3, -0.25) is 9.48 Å². The third kappa shape index (κ3) is 3.07. The van der Waals surface area contributed by atoms with Crippen LogP contribution in [0.15, 0.2) is 42.7 Å². The van der Waals surface area contributed by atoms with Crippen LogP contribution >= 0.6 is 0 Å². The zero-order valence-electron chi connectivity index (χ0n) is 11.6. The van der Waals surface area contributed by atoms with Gasteiger partial charge in [0, 0.05) is 18.7 Å². The summed E-state index contributed by atoms with van der Waals surface area (Å²) in [6.07, 6.45) is 5.56. The molecule has 0 saturated heterocycles. The van der Waals surface area contributed by atoms with Gasteiger partial charge in [0.15, 0.2) is 0 Å². The van der Waals surface area contributed by atoms with Crippen LogP contribution in [0.3, 0.4) is 0 Å². The molecule has 1 saturated carbocycles. The largest absolute Gasteiger partial charge is 0.323 e. The molecular weight excluding hydrogens is 250 g/mol. The Labute approximate surface area is 118 Å². The van der Waals surface area contributed by atoms with Gasteiger partial charge in [-0.1, -0.05) is 37.3 Å². The number of carbonyl (C=O) groups is 1. The van der Waals surface area contributed by atoms with Crippen LogP contribution in [-0.2, 0) is 17.8 Å². The van der Waals surface area contributed by atoms with Gasteiger partial charge in [-0.05, 0) is 24.3 Å². The molecule has 4 heteroatoms. The van der Waals surface area contributed by atoms with Gasteiger partial charge in [-0.2, -0.15) is 5.10 Å². The molecule has 3 rings (SSSR count). The number of nitrogens with one attached hydrogen (secondary N) is 1. The van der Waals surface area contributed by atoms with Crippen LogP contribution in [0.2, 0.25) is 0 Å². The molecule has 1 fully saturated rings. The zero-order chi connectivity index (χ0) is 13.9. The molecule has 104 valence electrons. The number of hydrogen-bond donors (Lipinski definition) is 1. The molecule has 1 amide bonds. The van der Waals surface area contributed by atoms with Gasteiger partial charge in [0.05, 0.1) is 11.9 Å². The number of carbonyl (C=O) groups excluding carboxylic acids is 1. The SMILES string of the molecule is CC1CC1C(=O)Nc1cnn(CCc2ccccc2)c1. The first kappa shape index (κ1) is 12.9. The number of aromatic nitrogens is 2. The second-order valence-electron chi connectivity index (χ2n) is 5.54. The number of hydrogen-bond acceptors (Lipinski definition) is 2. The van der Waals surface area contributed by atoms with Crippen molar-refractivity contribution in [3.63, 3.8) is 0 Å². The Kier molecular flexibility index (Phi) is 3.54. The van der Waals surface area contributed by atoms with Crippen LogP contribution in [-0.4, -0.2) is 15.7 Å². The summed E-state index contributed by atoms with van der Waals surface area (Å²) in [4.78, 5) is 11.8. The highest BCUT2D eigenvalue weighted by atomic mass is 16.2. The summed E-state index contributed by atoms with van der Waals surface area (Å²) >= 11 is 0. The maximum absolute atomic E-state index is 11.8. The van der Waals surface area contributed by atoms with Crippen LogP contribution in [0.5, 0.6) is 0 Å². The smallest absolute Gasteiger partial charge is 0.227 e. The van der Waals surface area contributed by atoms with Gasteiger partial charge in [-0.15, -0.1) is 0 Å². The van der Waals surface area contributed by atoms with E-state index < -0.39 is 0 Å². The quantitative estimate of drug-likeness (QED) is 0.907. The minimum atomic E-state index is 0.125. The van der Waals surface area contributed by atoms with E-state index in [1.165, 1.54) is 5.56 Å².